The van der Waals surface area contributed by atoms with Gasteiger partial charge in [-0.05, 0) is 38.2 Å². The van der Waals surface area contributed by atoms with Gasteiger partial charge in [0.25, 0.3) is 5.91 Å². The van der Waals surface area contributed by atoms with E-state index < -0.39 is 59.9 Å². The molecule has 6 unspecified atom stereocenters. The molecule has 4 amide bonds. The van der Waals surface area contributed by atoms with Crippen LogP contribution >= 0.6 is 0 Å². The molecule has 0 fully saturated rings. The van der Waals surface area contributed by atoms with Gasteiger partial charge in [0.05, 0.1) is 23.6 Å². The molecule has 0 radical (unpaired) electrons. The van der Waals surface area contributed by atoms with Gasteiger partial charge in [0.2, 0.25) is 11.6 Å². The number of hydrogen-bond acceptors (Lipinski definition) is 9. The molecule has 1 aliphatic carbocycles. The lowest BCUT2D eigenvalue weighted by atomic mass is 9.85. The Bertz CT molecular complexity index is 1330. The third-order valence-electron chi connectivity index (χ3n) is 7.44. The number of hydrogen-bond donors (Lipinski definition) is 5. The SMILES string of the molecule is C=CCNC(=O)NC1=C2CC(C)CC(OC)C(O)C(C)/C=C(\C)C(OC(N)=O)C(OC)/C=C\C=C(/C)C(=O)NC(=CC1=O)C2=O. The van der Waals surface area contributed by atoms with Crippen LogP contribution in [-0.4, -0.2) is 79.9 Å². The number of aliphatic hydroxyl groups excluding tert-OH is 1. The molecule has 0 saturated carbocycles. The Kier molecular flexibility index (Phi) is 14.1. The Morgan fingerprint density at radius 3 is 2.47 bits per heavy atom. The lowest BCUT2D eigenvalue weighted by Gasteiger charge is -2.30. The van der Waals surface area contributed by atoms with Gasteiger partial charge in [0.15, 0.2) is 6.10 Å². The van der Waals surface area contributed by atoms with E-state index in [1.807, 2.05) is 6.92 Å². The summed E-state index contributed by atoms with van der Waals surface area (Å²) in [6, 6.07) is -0.706. The highest BCUT2D eigenvalue weighted by Crippen LogP contribution is 2.28. The minimum absolute atomic E-state index is 0.000933. The number of rotatable bonds is 6. The summed E-state index contributed by atoms with van der Waals surface area (Å²) < 4.78 is 16.5. The largest absolute Gasteiger partial charge is 0.439 e. The Labute approximate surface area is 263 Å². The van der Waals surface area contributed by atoms with Gasteiger partial charge in [-0.15, -0.1) is 6.58 Å². The van der Waals surface area contributed by atoms with Crippen LogP contribution in [0.5, 0.6) is 0 Å². The first-order chi connectivity index (χ1) is 21.2. The molecule has 0 saturated heterocycles. The van der Waals surface area contributed by atoms with Crippen LogP contribution in [0.3, 0.4) is 0 Å². The number of urea groups is 1. The molecule has 0 spiro atoms. The molecule has 13 nitrogen and oxygen atoms in total. The first-order valence-electron chi connectivity index (χ1n) is 14.5. The second-order valence-corrected chi connectivity index (χ2v) is 11.1. The Balaban J connectivity index is 2.63. The highest BCUT2D eigenvalue weighted by atomic mass is 16.6. The average molecular weight is 629 g/mol. The molecule has 2 bridgehead atoms. The van der Waals surface area contributed by atoms with E-state index in [1.165, 1.54) is 39.4 Å². The number of carbonyl (C=O) groups excluding carboxylic acids is 5. The zero-order valence-electron chi connectivity index (χ0n) is 26.5. The first-order valence-corrected chi connectivity index (χ1v) is 14.5. The van der Waals surface area contributed by atoms with E-state index in [-0.39, 0.29) is 47.8 Å². The molecule has 6 atom stereocenters. The fraction of sp³-hybridized carbons (Fsp3) is 0.469. The number of allylic oxidation sites excluding steroid dienone is 4. The molecule has 45 heavy (non-hydrogen) atoms. The maximum absolute atomic E-state index is 13.7. The van der Waals surface area contributed by atoms with Gasteiger partial charge in [0, 0.05) is 43.9 Å². The van der Waals surface area contributed by atoms with Crippen molar-refractivity contribution in [3.8, 4) is 0 Å². The smallest absolute Gasteiger partial charge is 0.405 e. The van der Waals surface area contributed by atoms with Crippen LogP contribution in [0.4, 0.5) is 9.59 Å². The number of ketones is 2. The second-order valence-electron chi connectivity index (χ2n) is 11.1. The van der Waals surface area contributed by atoms with Gasteiger partial charge in [-0.3, -0.25) is 14.4 Å². The van der Waals surface area contributed by atoms with Crippen molar-refractivity contribution in [1.29, 1.82) is 0 Å². The van der Waals surface area contributed by atoms with E-state index in [1.54, 1.807) is 26.0 Å². The molecular weight excluding hydrogens is 584 g/mol. The summed E-state index contributed by atoms with van der Waals surface area (Å²) in [5.74, 6) is -2.79. The molecule has 6 N–H and O–H groups in total. The summed E-state index contributed by atoms with van der Waals surface area (Å²) >= 11 is 0. The predicted octanol–water partition coefficient (Wildman–Crippen LogP) is 2.25. The van der Waals surface area contributed by atoms with Crippen LogP contribution in [0.25, 0.3) is 0 Å². The number of methoxy groups -OCH3 is 2. The fourth-order valence-corrected chi connectivity index (χ4v) is 5.04. The number of fused-ring (bicyclic) bond motifs is 2. The lowest BCUT2D eigenvalue weighted by molar-refractivity contribution is -0.120. The lowest BCUT2D eigenvalue weighted by Crippen LogP contribution is -2.41. The van der Waals surface area contributed by atoms with E-state index in [4.69, 9.17) is 19.9 Å². The van der Waals surface area contributed by atoms with Gasteiger partial charge >= 0.3 is 12.1 Å². The number of ether oxygens (including phenoxy) is 3. The molecular formula is C32H44N4O9. The molecule has 246 valence electrons. The quantitative estimate of drug-likeness (QED) is 0.216. The second kappa shape index (κ2) is 17.2. The minimum Gasteiger partial charge on any atom is -0.439 e. The fourth-order valence-electron chi connectivity index (χ4n) is 5.04. The van der Waals surface area contributed by atoms with E-state index in [9.17, 15) is 29.1 Å². The number of primary amides is 1. The van der Waals surface area contributed by atoms with E-state index in [2.05, 4.69) is 22.5 Å². The number of Topliss-reactive ketones (excluding diaryl/α,β-unsaturated/α-hetero) is 1. The van der Waals surface area contributed by atoms with E-state index >= 15 is 0 Å². The van der Waals surface area contributed by atoms with Gasteiger partial charge in [-0.2, -0.15) is 0 Å². The number of nitrogens with two attached hydrogens (primary N) is 1. The summed E-state index contributed by atoms with van der Waals surface area (Å²) in [7, 11) is 2.86. The van der Waals surface area contributed by atoms with Crippen molar-refractivity contribution in [3.05, 3.63) is 71.1 Å². The molecule has 2 aliphatic rings. The molecule has 0 aromatic heterocycles. The van der Waals surface area contributed by atoms with Crippen molar-refractivity contribution >= 4 is 29.6 Å². The van der Waals surface area contributed by atoms with Crippen molar-refractivity contribution in [3.63, 3.8) is 0 Å². The van der Waals surface area contributed by atoms with Crippen molar-refractivity contribution in [1.82, 2.24) is 16.0 Å². The maximum Gasteiger partial charge on any atom is 0.405 e. The summed E-state index contributed by atoms with van der Waals surface area (Å²) in [6.45, 7) is 10.5. The minimum atomic E-state index is -1.03. The summed E-state index contributed by atoms with van der Waals surface area (Å²) in [5.41, 5.74) is 5.62. The van der Waals surface area contributed by atoms with Crippen molar-refractivity contribution in [2.24, 2.45) is 17.6 Å². The van der Waals surface area contributed by atoms with Gasteiger partial charge in [0.1, 0.15) is 6.10 Å². The normalized spacial score (nSPS) is 30.1. The van der Waals surface area contributed by atoms with Crippen LogP contribution in [0.1, 0.15) is 40.5 Å². The average Bonchev–Trinajstić information content (AvgIpc) is 2.98. The van der Waals surface area contributed by atoms with Crippen molar-refractivity contribution in [2.45, 2.75) is 65.0 Å². The summed E-state index contributed by atoms with van der Waals surface area (Å²) in [4.78, 5) is 64.0. The van der Waals surface area contributed by atoms with Crippen LogP contribution in [0, 0.1) is 11.8 Å². The van der Waals surface area contributed by atoms with Crippen molar-refractivity contribution < 1.29 is 43.3 Å². The zero-order chi connectivity index (χ0) is 33.8. The van der Waals surface area contributed by atoms with Crippen LogP contribution in [0.15, 0.2) is 71.1 Å². The summed E-state index contributed by atoms with van der Waals surface area (Å²) in [5, 5.41) is 18.7. The molecule has 2 rings (SSSR count). The summed E-state index contributed by atoms with van der Waals surface area (Å²) in [6.07, 6.45) is 4.43. The standard InChI is InChI=1S/C32H44N4O9/c1-8-12-34-32(42)36-26-21-13-17(2)14-25(44-7)27(38)19(4)15-20(5)29(45-31(33)41)24(43-6)11-9-10-18(3)30(40)35-22(28(21)39)16-23(26)37/h8-11,15-17,19,24-25,27,29,38H,1,12-14H2,2-7H3,(H2,33,41)(H,35,40)(H2,34,36,42)/b11-9-,18-10+,20-15+. The monoisotopic (exact) mass is 628 g/mol. The van der Waals surface area contributed by atoms with Crippen molar-refractivity contribution in [2.75, 3.05) is 20.8 Å². The number of amides is 4. The van der Waals surface area contributed by atoms with E-state index in [0.717, 1.165) is 6.08 Å². The Hall–Kier alpha value is -4.33. The van der Waals surface area contributed by atoms with E-state index in [0.29, 0.717) is 5.57 Å². The maximum atomic E-state index is 13.7. The molecule has 13 heteroatoms. The first kappa shape index (κ1) is 36.9. The Morgan fingerprint density at radius 2 is 1.87 bits per heavy atom. The highest BCUT2D eigenvalue weighted by molar-refractivity contribution is 6.24. The highest BCUT2D eigenvalue weighted by Gasteiger charge is 2.34. The van der Waals surface area contributed by atoms with Gasteiger partial charge in [-0.1, -0.05) is 44.2 Å². The third-order valence-corrected chi connectivity index (χ3v) is 7.44. The number of aliphatic hydroxyl groups is 1. The van der Waals surface area contributed by atoms with Gasteiger partial charge < -0.3 is 41.0 Å². The van der Waals surface area contributed by atoms with Crippen LogP contribution in [-0.2, 0) is 28.6 Å². The topological polar surface area (TPSA) is 195 Å². The number of carbonyl (C=O) groups is 5. The van der Waals surface area contributed by atoms with Crippen LogP contribution < -0.4 is 21.7 Å². The predicted molar refractivity (Wildman–Crippen MR) is 166 cm³/mol. The molecule has 1 heterocycles. The van der Waals surface area contributed by atoms with Crippen LogP contribution in [0.2, 0.25) is 0 Å². The Morgan fingerprint density at radius 1 is 1.18 bits per heavy atom. The van der Waals surface area contributed by atoms with Gasteiger partial charge in [-0.25, -0.2) is 9.59 Å². The molecule has 1 aliphatic heterocycles. The zero-order valence-corrected chi connectivity index (χ0v) is 26.5. The molecule has 0 aromatic rings. The third kappa shape index (κ3) is 10.4. The molecule has 0 aromatic carbocycles. The number of nitrogens with one attached hydrogen (secondary N) is 3.